The molecular formula is C15H33N3O. The minimum Gasteiger partial charge on any atom is -0.388 e. The minimum atomic E-state index is -0.662. The molecule has 0 saturated heterocycles. The van der Waals surface area contributed by atoms with Crippen LogP contribution in [0.1, 0.15) is 66.2 Å². The highest BCUT2D eigenvalue weighted by Gasteiger charge is 2.21. The smallest absolute Gasteiger partial charge is 0.191 e. The molecule has 0 aliphatic rings. The van der Waals surface area contributed by atoms with E-state index in [9.17, 15) is 5.11 Å². The summed E-state index contributed by atoms with van der Waals surface area (Å²) in [5.41, 5.74) is -0.662. The zero-order chi connectivity index (χ0) is 14.6. The average Bonchev–Trinajstić information content (AvgIpc) is 2.44. The highest BCUT2D eigenvalue weighted by atomic mass is 16.3. The van der Waals surface area contributed by atoms with Gasteiger partial charge in [-0.3, -0.25) is 4.99 Å². The Morgan fingerprint density at radius 2 is 1.68 bits per heavy atom. The number of rotatable bonds is 10. The van der Waals surface area contributed by atoms with Crippen molar-refractivity contribution in [2.75, 3.05) is 19.6 Å². The molecule has 3 N–H and O–H groups in total. The van der Waals surface area contributed by atoms with Crippen LogP contribution in [-0.2, 0) is 0 Å². The van der Waals surface area contributed by atoms with Crippen molar-refractivity contribution in [2.24, 2.45) is 4.99 Å². The van der Waals surface area contributed by atoms with E-state index < -0.39 is 5.60 Å². The van der Waals surface area contributed by atoms with E-state index in [0.29, 0.717) is 6.54 Å². The molecule has 0 heterocycles. The van der Waals surface area contributed by atoms with Crippen molar-refractivity contribution in [1.82, 2.24) is 10.6 Å². The summed E-state index contributed by atoms with van der Waals surface area (Å²) in [5.74, 6) is 0.819. The first kappa shape index (κ1) is 18.2. The van der Waals surface area contributed by atoms with Crippen LogP contribution >= 0.6 is 0 Å². The van der Waals surface area contributed by atoms with Crippen LogP contribution in [0, 0.1) is 0 Å². The first-order chi connectivity index (χ1) is 9.11. The molecule has 4 nitrogen and oxygen atoms in total. The number of guanidine groups is 1. The Morgan fingerprint density at radius 1 is 1.00 bits per heavy atom. The van der Waals surface area contributed by atoms with E-state index in [0.717, 1.165) is 31.9 Å². The molecule has 0 aromatic rings. The van der Waals surface area contributed by atoms with E-state index in [1.54, 1.807) is 0 Å². The Kier molecular flexibility index (Phi) is 10.6. The Labute approximate surface area is 119 Å². The van der Waals surface area contributed by atoms with Crippen LogP contribution in [0.2, 0.25) is 0 Å². The predicted octanol–water partition coefficient (Wildman–Crippen LogP) is 2.67. The number of unbranched alkanes of at least 4 members (excludes halogenated alkanes) is 3. The van der Waals surface area contributed by atoms with Crippen LogP contribution in [0.25, 0.3) is 0 Å². The average molecular weight is 271 g/mol. The van der Waals surface area contributed by atoms with E-state index in [2.05, 4.69) is 29.5 Å². The molecule has 0 aromatic heterocycles. The summed E-state index contributed by atoms with van der Waals surface area (Å²) in [7, 11) is 0. The van der Waals surface area contributed by atoms with Gasteiger partial charge < -0.3 is 15.7 Å². The Balaban J connectivity index is 4.15. The zero-order valence-electron chi connectivity index (χ0n) is 13.3. The Bertz CT molecular complexity index is 238. The van der Waals surface area contributed by atoms with Crippen molar-refractivity contribution in [3.8, 4) is 0 Å². The maximum absolute atomic E-state index is 10.2. The number of hydrogen-bond donors (Lipinski definition) is 3. The second kappa shape index (κ2) is 11.1. The third-order valence-corrected chi connectivity index (χ3v) is 3.51. The Morgan fingerprint density at radius 3 is 2.21 bits per heavy atom. The van der Waals surface area contributed by atoms with Gasteiger partial charge >= 0.3 is 0 Å². The molecular weight excluding hydrogens is 238 g/mol. The van der Waals surface area contributed by atoms with Gasteiger partial charge in [-0.15, -0.1) is 0 Å². The number of nitrogens with one attached hydrogen (secondary N) is 2. The summed E-state index contributed by atoms with van der Waals surface area (Å²) in [4.78, 5) is 4.49. The largest absolute Gasteiger partial charge is 0.388 e. The quantitative estimate of drug-likeness (QED) is 0.325. The summed E-state index contributed by atoms with van der Waals surface area (Å²) >= 11 is 0. The van der Waals surface area contributed by atoms with Crippen LogP contribution in [-0.4, -0.2) is 36.3 Å². The lowest BCUT2D eigenvalue weighted by atomic mass is 9.98. The molecule has 0 fully saturated rings. The number of aliphatic imine (C=N–C) groups is 1. The summed E-state index contributed by atoms with van der Waals surface area (Å²) in [6.45, 7) is 10.5. The van der Waals surface area contributed by atoms with Crippen LogP contribution in [0.3, 0.4) is 0 Å². The van der Waals surface area contributed by atoms with Crippen molar-refractivity contribution in [3.05, 3.63) is 0 Å². The van der Waals surface area contributed by atoms with Crippen molar-refractivity contribution in [3.63, 3.8) is 0 Å². The van der Waals surface area contributed by atoms with Gasteiger partial charge in [-0.2, -0.15) is 0 Å². The molecule has 0 spiro atoms. The minimum absolute atomic E-state index is 0.463. The van der Waals surface area contributed by atoms with Crippen molar-refractivity contribution in [1.29, 1.82) is 0 Å². The molecule has 4 heteroatoms. The third kappa shape index (κ3) is 8.87. The first-order valence-corrected chi connectivity index (χ1v) is 7.86. The summed E-state index contributed by atoms with van der Waals surface area (Å²) in [5, 5.41) is 16.8. The lowest BCUT2D eigenvalue weighted by Gasteiger charge is -2.23. The van der Waals surface area contributed by atoms with Gasteiger partial charge in [0.05, 0.1) is 12.1 Å². The van der Waals surface area contributed by atoms with Gasteiger partial charge in [-0.1, -0.05) is 40.0 Å². The van der Waals surface area contributed by atoms with Gasteiger partial charge in [0, 0.05) is 13.1 Å². The van der Waals surface area contributed by atoms with E-state index in [4.69, 9.17) is 0 Å². The molecule has 0 radical (unpaired) electrons. The van der Waals surface area contributed by atoms with Crippen LogP contribution < -0.4 is 10.6 Å². The predicted molar refractivity (Wildman–Crippen MR) is 83.7 cm³/mol. The normalized spacial score (nSPS) is 12.6. The van der Waals surface area contributed by atoms with Gasteiger partial charge in [0.25, 0.3) is 0 Å². The zero-order valence-corrected chi connectivity index (χ0v) is 13.3. The van der Waals surface area contributed by atoms with E-state index in [1.807, 2.05) is 13.8 Å². The van der Waals surface area contributed by atoms with Crippen molar-refractivity contribution >= 4 is 5.96 Å². The van der Waals surface area contributed by atoms with Crippen molar-refractivity contribution in [2.45, 2.75) is 71.8 Å². The monoisotopic (exact) mass is 271 g/mol. The fourth-order valence-corrected chi connectivity index (χ4v) is 1.80. The third-order valence-electron chi connectivity index (χ3n) is 3.51. The first-order valence-electron chi connectivity index (χ1n) is 7.86. The van der Waals surface area contributed by atoms with E-state index >= 15 is 0 Å². The number of hydrogen-bond acceptors (Lipinski definition) is 2. The molecule has 19 heavy (non-hydrogen) atoms. The second-order valence-electron chi connectivity index (χ2n) is 5.11. The lowest BCUT2D eigenvalue weighted by molar-refractivity contribution is 0.0418. The molecule has 0 aliphatic carbocycles. The molecule has 0 unspecified atom stereocenters. The van der Waals surface area contributed by atoms with Crippen LogP contribution in [0.15, 0.2) is 4.99 Å². The van der Waals surface area contributed by atoms with Gasteiger partial charge in [0.1, 0.15) is 0 Å². The molecule has 0 rings (SSSR count). The molecule has 0 aliphatic heterocycles. The number of nitrogens with zero attached hydrogens (tertiary/aromatic N) is 1. The van der Waals surface area contributed by atoms with Crippen LogP contribution in [0.4, 0.5) is 0 Å². The fraction of sp³-hybridized carbons (Fsp3) is 0.933. The summed E-state index contributed by atoms with van der Waals surface area (Å²) in [6, 6.07) is 0. The van der Waals surface area contributed by atoms with Gasteiger partial charge in [0.2, 0.25) is 0 Å². The molecule has 0 aromatic carbocycles. The topological polar surface area (TPSA) is 56.7 Å². The maximum Gasteiger partial charge on any atom is 0.191 e. The molecule has 0 amide bonds. The van der Waals surface area contributed by atoms with Gasteiger partial charge in [0.15, 0.2) is 5.96 Å². The SMILES string of the molecule is CCCCCCNC(=NCC(O)(CC)CC)NCC. The molecule has 0 saturated carbocycles. The van der Waals surface area contributed by atoms with E-state index in [1.165, 1.54) is 25.7 Å². The van der Waals surface area contributed by atoms with E-state index in [-0.39, 0.29) is 0 Å². The second-order valence-corrected chi connectivity index (χ2v) is 5.11. The number of aliphatic hydroxyl groups is 1. The highest BCUT2D eigenvalue weighted by molar-refractivity contribution is 5.79. The van der Waals surface area contributed by atoms with Gasteiger partial charge in [-0.25, -0.2) is 0 Å². The molecule has 0 atom stereocenters. The molecule has 114 valence electrons. The van der Waals surface area contributed by atoms with Crippen molar-refractivity contribution < 1.29 is 5.11 Å². The van der Waals surface area contributed by atoms with Gasteiger partial charge in [-0.05, 0) is 26.2 Å². The highest BCUT2D eigenvalue weighted by Crippen LogP contribution is 2.14. The maximum atomic E-state index is 10.2. The fourth-order valence-electron chi connectivity index (χ4n) is 1.80. The Hall–Kier alpha value is -0.770. The molecule has 0 bridgehead atoms. The summed E-state index contributed by atoms with van der Waals surface area (Å²) < 4.78 is 0. The lowest BCUT2D eigenvalue weighted by Crippen LogP contribution is -2.40. The standard InChI is InChI=1S/C15H33N3O/c1-5-9-10-11-12-17-14(16-8-4)18-13-15(19,6-2)7-3/h19H,5-13H2,1-4H3,(H2,16,17,18). The van der Waals surface area contributed by atoms with Crippen LogP contribution in [0.5, 0.6) is 0 Å². The summed E-state index contributed by atoms with van der Waals surface area (Å²) in [6.07, 6.45) is 6.46.